The van der Waals surface area contributed by atoms with E-state index in [1.54, 1.807) is 0 Å². The summed E-state index contributed by atoms with van der Waals surface area (Å²) in [6, 6.07) is 0. The van der Waals surface area contributed by atoms with E-state index in [0.717, 1.165) is 0 Å². The fourth-order valence-electron chi connectivity index (χ4n) is 1.36. The second kappa shape index (κ2) is 9.72. The maximum absolute atomic E-state index is 9.39. The molecule has 0 rings (SSSR count). The predicted octanol–water partition coefficient (Wildman–Crippen LogP) is -3.22. The van der Waals surface area contributed by atoms with Crippen LogP contribution in [0.25, 0.3) is 0 Å². The molecule has 0 bridgehead atoms. The zero-order chi connectivity index (χ0) is 13.3. The number of rotatable bonds is 10. The number of aliphatic hydroxyl groups excluding tert-OH is 6. The highest BCUT2D eigenvalue weighted by molar-refractivity contribution is 4.69. The van der Waals surface area contributed by atoms with Crippen molar-refractivity contribution in [2.24, 2.45) is 0 Å². The van der Waals surface area contributed by atoms with Gasteiger partial charge in [0, 0.05) is 25.9 Å². The van der Waals surface area contributed by atoms with E-state index < -0.39 is 37.6 Å². The number of nitrogens with one attached hydrogen (secondary N) is 1. The highest BCUT2D eigenvalue weighted by Crippen LogP contribution is 1.98. The Morgan fingerprint density at radius 1 is 0.647 bits per heavy atom. The summed E-state index contributed by atoms with van der Waals surface area (Å²) in [6.07, 6.45) is -3.42. The van der Waals surface area contributed by atoms with Crippen LogP contribution in [0.2, 0.25) is 0 Å². The molecule has 0 aliphatic carbocycles. The van der Waals surface area contributed by atoms with Gasteiger partial charge in [0.1, 0.15) is 0 Å². The highest BCUT2D eigenvalue weighted by Gasteiger charge is 2.13. The Bertz CT molecular complexity index is 164. The van der Waals surface area contributed by atoms with E-state index in [9.17, 15) is 10.2 Å². The van der Waals surface area contributed by atoms with Gasteiger partial charge in [-0.1, -0.05) is 0 Å². The summed E-state index contributed by atoms with van der Waals surface area (Å²) in [5.41, 5.74) is 0. The monoisotopic (exact) mass is 253 g/mol. The van der Waals surface area contributed by atoms with Crippen molar-refractivity contribution >= 4 is 0 Å². The Balaban J connectivity index is 3.55. The molecule has 4 atom stereocenters. The molecule has 0 fully saturated rings. The van der Waals surface area contributed by atoms with Crippen LogP contribution in [0, 0.1) is 0 Å². The van der Waals surface area contributed by atoms with Gasteiger partial charge in [0.15, 0.2) is 0 Å². The maximum atomic E-state index is 9.39. The summed E-state index contributed by atoms with van der Waals surface area (Å²) in [5.74, 6) is 0. The lowest BCUT2D eigenvalue weighted by Gasteiger charge is -2.17. The van der Waals surface area contributed by atoms with E-state index in [1.165, 1.54) is 0 Å². The minimum Gasteiger partial charge on any atom is -0.394 e. The van der Waals surface area contributed by atoms with Crippen LogP contribution in [0.1, 0.15) is 12.8 Å². The number of hydrogen-bond acceptors (Lipinski definition) is 7. The Labute approximate surface area is 100 Å². The SMILES string of the molecule is OCC(O)CC(O)CNCC(O)CC(O)CO. The van der Waals surface area contributed by atoms with Crippen molar-refractivity contribution in [2.75, 3.05) is 26.3 Å². The average molecular weight is 253 g/mol. The zero-order valence-electron chi connectivity index (χ0n) is 9.74. The normalized spacial score (nSPS) is 18.7. The van der Waals surface area contributed by atoms with Crippen LogP contribution in [0.15, 0.2) is 0 Å². The second-order valence-electron chi connectivity index (χ2n) is 4.11. The molecule has 0 saturated carbocycles. The molecule has 0 saturated heterocycles. The van der Waals surface area contributed by atoms with E-state index >= 15 is 0 Å². The van der Waals surface area contributed by atoms with Crippen LogP contribution in [0.3, 0.4) is 0 Å². The van der Waals surface area contributed by atoms with Crippen molar-refractivity contribution < 1.29 is 30.6 Å². The Kier molecular flexibility index (Phi) is 9.56. The summed E-state index contributed by atoms with van der Waals surface area (Å²) in [5, 5.41) is 56.7. The van der Waals surface area contributed by atoms with Gasteiger partial charge in [0.05, 0.1) is 37.6 Å². The molecular formula is C10H23NO6. The fraction of sp³-hybridized carbons (Fsp3) is 1.00. The fourth-order valence-corrected chi connectivity index (χ4v) is 1.36. The van der Waals surface area contributed by atoms with Gasteiger partial charge in [0.2, 0.25) is 0 Å². The molecule has 4 unspecified atom stereocenters. The topological polar surface area (TPSA) is 133 Å². The largest absolute Gasteiger partial charge is 0.394 e. The Morgan fingerprint density at radius 2 is 1.00 bits per heavy atom. The summed E-state index contributed by atoms with van der Waals surface area (Å²) in [6.45, 7) is -0.461. The lowest BCUT2D eigenvalue weighted by molar-refractivity contribution is 0.0329. The van der Waals surface area contributed by atoms with Crippen LogP contribution >= 0.6 is 0 Å². The maximum Gasteiger partial charge on any atom is 0.0796 e. The predicted molar refractivity (Wildman–Crippen MR) is 60.3 cm³/mol. The van der Waals surface area contributed by atoms with Gasteiger partial charge >= 0.3 is 0 Å². The summed E-state index contributed by atoms with van der Waals surface area (Å²) in [4.78, 5) is 0. The smallest absolute Gasteiger partial charge is 0.0796 e. The van der Waals surface area contributed by atoms with E-state index in [1.807, 2.05) is 0 Å². The molecular weight excluding hydrogens is 230 g/mol. The standard InChI is InChI=1S/C10H23NO6/c12-5-9(16)1-7(14)3-11-4-8(15)2-10(17)6-13/h7-17H,1-6H2. The van der Waals surface area contributed by atoms with Crippen molar-refractivity contribution in [3.8, 4) is 0 Å². The van der Waals surface area contributed by atoms with Crippen LogP contribution in [0.4, 0.5) is 0 Å². The number of aliphatic hydroxyl groups is 6. The number of hydrogen-bond donors (Lipinski definition) is 7. The molecule has 0 spiro atoms. The molecule has 0 amide bonds. The Morgan fingerprint density at radius 3 is 1.29 bits per heavy atom. The third kappa shape index (κ3) is 9.42. The molecule has 104 valence electrons. The third-order valence-corrected chi connectivity index (χ3v) is 2.27. The summed E-state index contributed by atoms with van der Waals surface area (Å²) >= 11 is 0. The molecule has 0 radical (unpaired) electrons. The van der Waals surface area contributed by atoms with Crippen molar-refractivity contribution in [2.45, 2.75) is 37.3 Å². The Hall–Kier alpha value is -0.280. The van der Waals surface area contributed by atoms with Crippen molar-refractivity contribution in [1.82, 2.24) is 5.32 Å². The van der Waals surface area contributed by atoms with E-state index in [-0.39, 0.29) is 25.9 Å². The van der Waals surface area contributed by atoms with Gasteiger partial charge in [-0.25, -0.2) is 0 Å². The lowest BCUT2D eigenvalue weighted by atomic mass is 10.1. The third-order valence-electron chi connectivity index (χ3n) is 2.27. The van der Waals surface area contributed by atoms with E-state index in [0.29, 0.717) is 0 Å². The van der Waals surface area contributed by atoms with Crippen LogP contribution in [-0.2, 0) is 0 Å². The van der Waals surface area contributed by atoms with Crippen molar-refractivity contribution in [3.05, 3.63) is 0 Å². The molecule has 7 heteroatoms. The van der Waals surface area contributed by atoms with Crippen molar-refractivity contribution in [1.29, 1.82) is 0 Å². The first-order valence-electron chi connectivity index (χ1n) is 5.64. The van der Waals surface area contributed by atoms with E-state index in [2.05, 4.69) is 5.32 Å². The minimum atomic E-state index is -0.951. The second-order valence-corrected chi connectivity index (χ2v) is 4.11. The van der Waals surface area contributed by atoms with Gasteiger partial charge in [0.25, 0.3) is 0 Å². The molecule has 7 nitrogen and oxygen atoms in total. The van der Waals surface area contributed by atoms with E-state index in [4.69, 9.17) is 20.4 Å². The van der Waals surface area contributed by atoms with Gasteiger partial charge in [-0.2, -0.15) is 0 Å². The van der Waals surface area contributed by atoms with Crippen LogP contribution in [-0.4, -0.2) is 81.4 Å². The van der Waals surface area contributed by atoms with Crippen molar-refractivity contribution in [3.63, 3.8) is 0 Å². The molecule has 0 aliphatic rings. The van der Waals surface area contributed by atoms with Gasteiger partial charge in [-0.15, -0.1) is 0 Å². The molecule has 17 heavy (non-hydrogen) atoms. The molecule has 0 aromatic carbocycles. The molecule has 0 aromatic rings. The van der Waals surface area contributed by atoms with Gasteiger partial charge in [-0.3, -0.25) is 0 Å². The quantitative estimate of drug-likeness (QED) is 0.218. The molecule has 0 aromatic heterocycles. The highest BCUT2D eigenvalue weighted by atomic mass is 16.3. The van der Waals surface area contributed by atoms with Crippen LogP contribution < -0.4 is 5.32 Å². The minimum absolute atomic E-state index is 0.0544. The molecule has 0 heterocycles. The van der Waals surface area contributed by atoms with Gasteiger partial charge < -0.3 is 36.0 Å². The zero-order valence-corrected chi connectivity index (χ0v) is 9.74. The van der Waals surface area contributed by atoms with Crippen LogP contribution in [0.5, 0.6) is 0 Å². The molecule has 7 N–H and O–H groups in total. The summed E-state index contributed by atoms with van der Waals surface area (Å²) < 4.78 is 0. The summed E-state index contributed by atoms with van der Waals surface area (Å²) in [7, 11) is 0. The average Bonchev–Trinajstić information content (AvgIpc) is 2.28. The lowest BCUT2D eigenvalue weighted by Crippen LogP contribution is -2.36. The first-order valence-corrected chi connectivity index (χ1v) is 5.64. The van der Waals surface area contributed by atoms with Gasteiger partial charge in [-0.05, 0) is 0 Å². The first-order chi connectivity index (χ1) is 7.99. The molecule has 0 aliphatic heterocycles. The first kappa shape index (κ1) is 16.7.